The Balaban J connectivity index is 1.83. The Kier molecular flexibility index (Phi) is 5.19. The highest BCUT2D eigenvalue weighted by molar-refractivity contribution is 7.99. The number of Topliss-reactive ketones (excluding diaryl/α,β-unsaturated/α-hetero) is 1. The standard InChI is InChI=1S/C19H19N3O2S/c1-13-8-4-6-10-16(13)22-14(2)20-21-19(22)25-12-17(23)15-9-5-7-11-18(15)24-3/h4-11H,12H2,1-3H3. The van der Waals surface area contributed by atoms with Crippen molar-refractivity contribution in [3.63, 3.8) is 0 Å². The minimum absolute atomic E-state index is 0.000522. The van der Waals surface area contributed by atoms with Crippen LogP contribution in [0.15, 0.2) is 53.7 Å². The molecule has 0 aliphatic carbocycles. The molecule has 0 aliphatic rings. The lowest BCUT2D eigenvalue weighted by Gasteiger charge is -2.11. The van der Waals surface area contributed by atoms with Crippen molar-refractivity contribution in [1.29, 1.82) is 0 Å². The van der Waals surface area contributed by atoms with Crippen LogP contribution in [0.2, 0.25) is 0 Å². The lowest BCUT2D eigenvalue weighted by molar-refractivity contribution is 0.101. The molecule has 6 heteroatoms. The number of nitrogens with zero attached hydrogens (tertiary/aromatic N) is 3. The molecule has 0 saturated carbocycles. The normalized spacial score (nSPS) is 10.7. The number of carbonyl (C=O) groups excluding carboxylic acids is 1. The summed E-state index contributed by atoms with van der Waals surface area (Å²) < 4.78 is 7.25. The summed E-state index contributed by atoms with van der Waals surface area (Å²) in [7, 11) is 1.57. The smallest absolute Gasteiger partial charge is 0.196 e. The Labute approximate surface area is 151 Å². The zero-order valence-electron chi connectivity index (χ0n) is 14.4. The summed E-state index contributed by atoms with van der Waals surface area (Å²) in [5.41, 5.74) is 2.73. The number of ketones is 1. The number of aryl methyl sites for hydroxylation is 2. The van der Waals surface area contributed by atoms with Gasteiger partial charge in [-0.3, -0.25) is 9.36 Å². The maximum Gasteiger partial charge on any atom is 0.196 e. The van der Waals surface area contributed by atoms with Crippen molar-refractivity contribution in [2.45, 2.75) is 19.0 Å². The molecule has 3 aromatic rings. The number of rotatable bonds is 6. The molecule has 1 aromatic heterocycles. The Morgan fingerprint density at radius 3 is 2.56 bits per heavy atom. The fourth-order valence-corrected chi connectivity index (χ4v) is 3.48. The van der Waals surface area contributed by atoms with E-state index >= 15 is 0 Å². The molecule has 0 spiro atoms. The number of carbonyl (C=O) groups is 1. The summed E-state index contributed by atoms with van der Waals surface area (Å²) in [4.78, 5) is 12.6. The van der Waals surface area contributed by atoms with Crippen molar-refractivity contribution in [1.82, 2.24) is 14.8 Å². The van der Waals surface area contributed by atoms with E-state index in [4.69, 9.17) is 4.74 Å². The summed E-state index contributed by atoms with van der Waals surface area (Å²) in [6, 6.07) is 15.3. The van der Waals surface area contributed by atoms with Crippen LogP contribution in [0.25, 0.3) is 5.69 Å². The predicted octanol–water partition coefficient (Wildman–Crippen LogP) is 3.87. The van der Waals surface area contributed by atoms with Crippen molar-refractivity contribution < 1.29 is 9.53 Å². The van der Waals surface area contributed by atoms with Crippen molar-refractivity contribution in [2.75, 3.05) is 12.9 Å². The molecule has 3 rings (SSSR count). The molecule has 5 nitrogen and oxygen atoms in total. The minimum atomic E-state index is -0.000522. The van der Waals surface area contributed by atoms with Gasteiger partial charge in [0.15, 0.2) is 10.9 Å². The second-order valence-corrected chi connectivity index (χ2v) is 6.51. The maximum atomic E-state index is 12.6. The molecule has 0 bridgehead atoms. The van der Waals surface area contributed by atoms with Crippen LogP contribution in [-0.2, 0) is 0 Å². The van der Waals surface area contributed by atoms with E-state index in [1.807, 2.05) is 54.8 Å². The molecule has 25 heavy (non-hydrogen) atoms. The minimum Gasteiger partial charge on any atom is -0.496 e. The van der Waals surface area contributed by atoms with Gasteiger partial charge in [-0.15, -0.1) is 10.2 Å². The number of aromatic nitrogens is 3. The number of hydrogen-bond acceptors (Lipinski definition) is 5. The summed E-state index contributed by atoms with van der Waals surface area (Å²) in [5, 5.41) is 9.11. The molecule has 0 aliphatic heterocycles. The van der Waals surface area contributed by atoms with Crippen LogP contribution in [0.5, 0.6) is 5.75 Å². The molecular weight excluding hydrogens is 334 g/mol. The Morgan fingerprint density at radius 1 is 1.08 bits per heavy atom. The van der Waals surface area contributed by atoms with Gasteiger partial charge in [0.25, 0.3) is 0 Å². The van der Waals surface area contributed by atoms with Gasteiger partial charge in [0.2, 0.25) is 0 Å². The van der Waals surface area contributed by atoms with Crippen LogP contribution in [0, 0.1) is 13.8 Å². The highest BCUT2D eigenvalue weighted by atomic mass is 32.2. The van der Waals surface area contributed by atoms with Gasteiger partial charge in [-0.05, 0) is 37.6 Å². The van der Waals surface area contributed by atoms with Gasteiger partial charge in [0.1, 0.15) is 11.6 Å². The van der Waals surface area contributed by atoms with Gasteiger partial charge in [-0.2, -0.15) is 0 Å². The first-order chi connectivity index (χ1) is 12.1. The SMILES string of the molecule is COc1ccccc1C(=O)CSc1nnc(C)n1-c1ccccc1C. The van der Waals surface area contributed by atoms with Gasteiger partial charge in [-0.25, -0.2) is 0 Å². The lowest BCUT2D eigenvalue weighted by atomic mass is 10.1. The fourth-order valence-electron chi connectivity index (χ4n) is 2.61. The molecule has 128 valence electrons. The van der Waals surface area contributed by atoms with Crippen LogP contribution >= 0.6 is 11.8 Å². The summed E-state index contributed by atoms with van der Waals surface area (Å²) in [6.45, 7) is 3.95. The van der Waals surface area contributed by atoms with E-state index in [0.29, 0.717) is 16.5 Å². The zero-order chi connectivity index (χ0) is 17.8. The van der Waals surface area contributed by atoms with E-state index in [2.05, 4.69) is 10.2 Å². The first-order valence-corrected chi connectivity index (χ1v) is 8.87. The molecule has 0 unspecified atom stereocenters. The first kappa shape index (κ1) is 17.2. The van der Waals surface area contributed by atoms with E-state index in [1.165, 1.54) is 11.8 Å². The second kappa shape index (κ2) is 7.53. The topological polar surface area (TPSA) is 57.0 Å². The largest absolute Gasteiger partial charge is 0.496 e. The van der Waals surface area contributed by atoms with Crippen LogP contribution in [0.1, 0.15) is 21.7 Å². The zero-order valence-corrected chi connectivity index (χ0v) is 15.2. The molecule has 1 heterocycles. The molecule has 0 radical (unpaired) electrons. The average molecular weight is 353 g/mol. The van der Waals surface area contributed by atoms with Gasteiger partial charge in [0.05, 0.1) is 24.1 Å². The number of thioether (sulfide) groups is 1. The summed E-state index contributed by atoms with van der Waals surface area (Å²) in [5.74, 6) is 1.65. The Bertz CT molecular complexity index is 905. The number of ether oxygens (including phenoxy) is 1. The van der Waals surface area contributed by atoms with Crippen molar-refractivity contribution in [3.8, 4) is 11.4 Å². The highest BCUT2D eigenvalue weighted by Gasteiger charge is 2.17. The van der Waals surface area contributed by atoms with Gasteiger partial charge in [0, 0.05) is 0 Å². The van der Waals surface area contributed by atoms with Crippen LogP contribution < -0.4 is 4.74 Å². The van der Waals surface area contributed by atoms with E-state index < -0.39 is 0 Å². The van der Waals surface area contributed by atoms with E-state index in [-0.39, 0.29) is 11.5 Å². The van der Waals surface area contributed by atoms with Gasteiger partial charge < -0.3 is 4.74 Å². The molecule has 2 aromatic carbocycles. The number of methoxy groups -OCH3 is 1. The quantitative estimate of drug-likeness (QED) is 0.497. The predicted molar refractivity (Wildman–Crippen MR) is 98.9 cm³/mol. The van der Waals surface area contributed by atoms with Crippen molar-refractivity contribution >= 4 is 17.5 Å². The summed E-state index contributed by atoms with van der Waals surface area (Å²) in [6.07, 6.45) is 0. The van der Waals surface area contributed by atoms with E-state index in [9.17, 15) is 4.79 Å². The maximum absolute atomic E-state index is 12.6. The van der Waals surface area contributed by atoms with Gasteiger partial charge >= 0.3 is 0 Å². The number of hydrogen-bond donors (Lipinski definition) is 0. The Hall–Kier alpha value is -2.60. The van der Waals surface area contributed by atoms with E-state index in [0.717, 1.165) is 17.1 Å². The molecule has 0 atom stereocenters. The van der Waals surface area contributed by atoms with Crippen LogP contribution in [0.3, 0.4) is 0 Å². The average Bonchev–Trinajstić information content (AvgIpc) is 3.00. The lowest BCUT2D eigenvalue weighted by Crippen LogP contribution is -2.07. The molecular formula is C19H19N3O2S. The number of benzene rings is 2. The second-order valence-electron chi connectivity index (χ2n) is 5.56. The molecule has 0 amide bonds. The highest BCUT2D eigenvalue weighted by Crippen LogP contribution is 2.26. The third kappa shape index (κ3) is 3.58. The Morgan fingerprint density at radius 2 is 1.80 bits per heavy atom. The van der Waals surface area contributed by atoms with Crippen molar-refractivity contribution in [3.05, 3.63) is 65.5 Å². The number of para-hydroxylation sites is 2. The van der Waals surface area contributed by atoms with Gasteiger partial charge in [-0.1, -0.05) is 42.1 Å². The third-order valence-corrected chi connectivity index (χ3v) is 4.82. The summed E-state index contributed by atoms with van der Waals surface area (Å²) >= 11 is 1.38. The molecule has 0 fully saturated rings. The first-order valence-electron chi connectivity index (χ1n) is 7.89. The van der Waals surface area contributed by atoms with Crippen molar-refractivity contribution in [2.24, 2.45) is 0 Å². The van der Waals surface area contributed by atoms with E-state index in [1.54, 1.807) is 19.2 Å². The van der Waals surface area contributed by atoms with Crippen LogP contribution in [0.4, 0.5) is 0 Å². The molecule has 0 saturated heterocycles. The fraction of sp³-hybridized carbons (Fsp3) is 0.211. The third-order valence-electron chi connectivity index (χ3n) is 3.89. The van der Waals surface area contributed by atoms with Crippen LogP contribution in [-0.4, -0.2) is 33.4 Å². The monoisotopic (exact) mass is 353 g/mol. The molecule has 0 N–H and O–H groups in total.